The van der Waals surface area contributed by atoms with Crippen LogP contribution < -0.4 is 10.2 Å². The summed E-state index contributed by atoms with van der Waals surface area (Å²) in [4.78, 5) is 14.0. The zero-order chi connectivity index (χ0) is 16.9. The number of nitrogens with zero attached hydrogens (tertiary/aromatic N) is 2. The van der Waals surface area contributed by atoms with E-state index < -0.39 is 0 Å². The Morgan fingerprint density at radius 3 is 2.75 bits per heavy atom. The van der Waals surface area contributed by atoms with E-state index in [1.807, 2.05) is 31.2 Å². The van der Waals surface area contributed by atoms with Gasteiger partial charge in [0.05, 0.1) is 12.3 Å². The fourth-order valence-electron chi connectivity index (χ4n) is 3.37. The second-order valence-corrected chi connectivity index (χ2v) is 6.89. The van der Waals surface area contributed by atoms with Crippen LogP contribution in [0.25, 0.3) is 0 Å². The second-order valence-electron chi connectivity index (χ2n) is 6.89. The first-order valence-electron chi connectivity index (χ1n) is 8.97. The molecular weight excluding hydrogens is 302 g/mol. The van der Waals surface area contributed by atoms with Gasteiger partial charge in [0.25, 0.3) is 0 Å². The van der Waals surface area contributed by atoms with Gasteiger partial charge in [-0.05, 0) is 62.6 Å². The fourth-order valence-corrected chi connectivity index (χ4v) is 3.37. The number of nitrogens with one attached hydrogen (secondary N) is 1. The molecule has 1 saturated heterocycles. The summed E-state index contributed by atoms with van der Waals surface area (Å²) < 4.78 is 5.85. The van der Waals surface area contributed by atoms with Gasteiger partial charge in [-0.2, -0.15) is 5.10 Å². The van der Waals surface area contributed by atoms with Crippen LogP contribution in [-0.4, -0.2) is 42.3 Å². The minimum Gasteiger partial charge on any atom is -0.494 e. The maximum absolute atomic E-state index is 11.4. The Bertz CT molecular complexity index is 597. The van der Waals surface area contributed by atoms with E-state index in [1.54, 1.807) is 0 Å². The molecule has 2 unspecified atom stereocenters. The molecule has 0 spiro atoms. The van der Waals surface area contributed by atoms with Gasteiger partial charge in [-0.1, -0.05) is 6.92 Å². The highest BCUT2D eigenvalue weighted by molar-refractivity contribution is 6.04. The summed E-state index contributed by atoms with van der Waals surface area (Å²) >= 11 is 0. The van der Waals surface area contributed by atoms with Crippen LogP contribution in [0.3, 0.4) is 0 Å². The Hall–Kier alpha value is -1.88. The summed E-state index contributed by atoms with van der Waals surface area (Å²) in [6.07, 6.45) is 4.39. The van der Waals surface area contributed by atoms with Crippen molar-refractivity contribution in [3.05, 3.63) is 29.8 Å². The zero-order valence-electron chi connectivity index (χ0n) is 14.6. The molecule has 1 fully saturated rings. The molecule has 0 aliphatic carbocycles. The molecule has 1 aromatic carbocycles. The monoisotopic (exact) mass is 329 g/mol. The van der Waals surface area contributed by atoms with Gasteiger partial charge in [0.2, 0.25) is 5.91 Å². The third kappa shape index (κ3) is 4.15. The van der Waals surface area contributed by atoms with E-state index in [0.717, 1.165) is 42.6 Å². The standard InChI is InChI=1S/C19H27N3O2/c1-14-13-18(20-21-19(14)23)16-6-8-17(9-7-16)24-12-4-11-22-10-3-5-15(22)2/h6-9,14-15H,3-5,10-13H2,1-2H3,(H,21,23). The second kappa shape index (κ2) is 7.79. The van der Waals surface area contributed by atoms with Crippen molar-refractivity contribution in [1.82, 2.24) is 10.3 Å². The molecule has 5 heteroatoms. The molecule has 0 aromatic heterocycles. The van der Waals surface area contributed by atoms with Gasteiger partial charge in [-0.25, -0.2) is 5.43 Å². The van der Waals surface area contributed by atoms with Crippen LogP contribution >= 0.6 is 0 Å². The summed E-state index contributed by atoms with van der Waals surface area (Å²) in [7, 11) is 0. The number of rotatable bonds is 6. The maximum Gasteiger partial charge on any atom is 0.243 e. The summed E-state index contributed by atoms with van der Waals surface area (Å²) in [6, 6.07) is 8.72. The lowest BCUT2D eigenvalue weighted by Gasteiger charge is -2.20. The largest absolute Gasteiger partial charge is 0.494 e. The lowest BCUT2D eigenvalue weighted by atomic mass is 9.97. The number of carbonyl (C=O) groups is 1. The summed E-state index contributed by atoms with van der Waals surface area (Å²) in [5.41, 5.74) is 4.55. The fraction of sp³-hybridized carbons (Fsp3) is 0.579. The zero-order valence-corrected chi connectivity index (χ0v) is 14.6. The van der Waals surface area contributed by atoms with Gasteiger partial charge in [0.1, 0.15) is 5.75 Å². The molecule has 24 heavy (non-hydrogen) atoms. The van der Waals surface area contributed by atoms with E-state index in [-0.39, 0.29) is 11.8 Å². The smallest absolute Gasteiger partial charge is 0.243 e. The molecule has 1 N–H and O–H groups in total. The maximum atomic E-state index is 11.4. The number of hydrazone groups is 1. The predicted molar refractivity (Wildman–Crippen MR) is 95.3 cm³/mol. The quantitative estimate of drug-likeness (QED) is 0.817. The third-order valence-electron chi connectivity index (χ3n) is 4.98. The molecule has 2 heterocycles. The van der Waals surface area contributed by atoms with Gasteiger partial charge in [-0.15, -0.1) is 0 Å². The highest BCUT2D eigenvalue weighted by Crippen LogP contribution is 2.19. The van der Waals surface area contributed by atoms with Crippen LogP contribution in [0.4, 0.5) is 0 Å². The molecule has 3 rings (SSSR count). The van der Waals surface area contributed by atoms with Crippen LogP contribution in [0.5, 0.6) is 5.75 Å². The van der Waals surface area contributed by atoms with Crippen molar-refractivity contribution in [2.75, 3.05) is 19.7 Å². The van der Waals surface area contributed by atoms with Crippen LogP contribution in [0.1, 0.15) is 45.1 Å². The van der Waals surface area contributed by atoms with Crippen LogP contribution in [0, 0.1) is 5.92 Å². The number of amides is 1. The normalized spacial score (nSPS) is 24.6. The molecule has 2 aliphatic heterocycles. The SMILES string of the molecule is CC1CC(c2ccc(OCCCN3CCCC3C)cc2)=NNC1=O. The molecule has 0 saturated carbocycles. The van der Waals surface area contributed by atoms with Gasteiger partial charge >= 0.3 is 0 Å². The third-order valence-corrected chi connectivity index (χ3v) is 4.98. The Labute approximate surface area is 144 Å². The van der Waals surface area contributed by atoms with Crippen LogP contribution in [0.2, 0.25) is 0 Å². The van der Waals surface area contributed by atoms with Crippen molar-refractivity contribution in [3.8, 4) is 5.75 Å². The first kappa shape index (κ1) is 17.0. The number of hydrogen-bond acceptors (Lipinski definition) is 4. The summed E-state index contributed by atoms with van der Waals surface area (Å²) in [5, 5.41) is 4.16. The van der Waals surface area contributed by atoms with E-state index in [4.69, 9.17) is 4.74 Å². The number of ether oxygens (including phenoxy) is 1. The Morgan fingerprint density at radius 1 is 1.29 bits per heavy atom. The molecular formula is C19H27N3O2. The van der Waals surface area contributed by atoms with Crippen molar-refractivity contribution in [3.63, 3.8) is 0 Å². The minimum atomic E-state index is -0.0265. The lowest BCUT2D eigenvalue weighted by molar-refractivity contribution is -0.124. The molecule has 2 aliphatic rings. The molecule has 1 aromatic rings. The Kier molecular flexibility index (Phi) is 5.51. The predicted octanol–water partition coefficient (Wildman–Crippen LogP) is 2.80. The van der Waals surface area contributed by atoms with Crippen molar-refractivity contribution >= 4 is 11.6 Å². The van der Waals surface area contributed by atoms with E-state index in [2.05, 4.69) is 22.4 Å². The molecule has 5 nitrogen and oxygen atoms in total. The van der Waals surface area contributed by atoms with E-state index >= 15 is 0 Å². The molecule has 130 valence electrons. The molecule has 0 bridgehead atoms. The van der Waals surface area contributed by atoms with E-state index in [9.17, 15) is 4.79 Å². The van der Waals surface area contributed by atoms with Gasteiger partial charge < -0.3 is 9.64 Å². The molecule has 1 amide bonds. The number of benzene rings is 1. The average Bonchev–Trinajstić information content (AvgIpc) is 3.00. The van der Waals surface area contributed by atoms with Crippen molar-refractivity contribution in [2.24, 2.45) is 11.0 Å². The highest BCUT2D eigenvalue weighted by atomic mass is 16.5. The summed E-state index contributed by atoms with van der Waals surface area (Å²) in [5.74, 6) is 0.856. The minimum absolute atomic E-state index is 0.00831. The first-order chi connectivity index (χ1) is 11.6. The van der Waals surface area contributed by atoms with Gasteiger partial charge in [-0.3, -0.25) is 4.79 Å². The van der Waals surface area contributed by atoms with Crippen molar-refractivity contribution < 1.29 is 9.53 Å². The molecule has 2 atom stereocenters. The van der Waals surface area contributed by atoms with Gasteiger partial charge in [0.15, 0.2) is 0 Å². The number of likely N-dealkylation sites (tertiary alicyclic amines) is 1. The Balaban J connectivity index is 1.45. The average molecular weight is 329 g/mol. The highest BCUT2D eigenvalue weighted by Gasteiger charge is 2.21. The van der Waals surface area contributed by atoms with Crippen molar-refractivity contribution in [1.29, 1.82) is 0 Å². The topological polar surface area (TPSA) is 53.9 Å². The van der Waals surface area contributed by atoms with E-state index in [1.165, 1.54) is 19.4 Å². The lowest BCUT2D eigenvalue weighted by Crippen LogP contribution is -2.33. The van der Waals surface area contributed by atoms with Gasteiger partial charge in [0, 0.05) is 24.9 Å². The van der Waals surface area contributed by atoms with Crippen molar-refractivity contribution in [2.45, 2.75) is 45.6 Å². The van der Waals surface area contributed by atoms with E-state index in [0.29, 0.717) is 6.42 Å². The Morgan fingerprint density at radius 2 is 2.08 bits per heavy atom. The van der Waals surface area contributed by atoms with Crippen LogP contribution in [0.15, 0.2) is 29.4 Å². The molecule has 0 radical (unpaired) electrons. The van der Waals surface area contributed by atoms with Crippen LogP contribution in [-0.2, 0) is 4.79 Å². The number of carbonyl (C=O) groups excluding carboxylic acids is 1. The first-order valence-corrected chi connectivity index (χ1v) is 8.97. The number of hydrogen-bond donors (Lipinski definition) is 1. The summed E-state index contributed by atoms with van der Waals surface area (Å²) in [6.45, 7) is 7.32.